The molecule has 0 spiro atoms. The highest BCUT2D eigenvalue weighted by Crippen LogP contribution is 2.13. The van der Waals surface area contributed by atoms with Crippen LogP contribution in [0.3, 0.4) is 0 Å². The molecule has 1 aromatic heterocycles. The maximum atomic E-state index is 12.7. The first-order valence-electron chi connectivity index (χ1n) is 10.6. The van der Waals surface area contributed by atoms with E-state index in [2.05, 4.69) is 20.5 Å². The summed E-state index contributed by atoms with van der Waals surface area (Å²) in [5, 5.41) is 5.66. The van der Waals surface area contributed by atoms with Crippen LogP contribution in [0.2, 0.25) is 0 Å². The van der Waals surface area contributed by atoms with Gasteiger partial charge >= 0.3 is 0 Å². The van der Waals surface area contributed by atoms with Crippen molar-refractivity contribution < 1.29 is 19.1 Å². The molecule has 2 amide bonds. The van der Waals surface area contributed by atoms with E-state index in [1.165, 1.54) is 0 Å². The molecule has 8 nitrogen and oxygen atoms in total. The standard InChI is InChI=1S/C23H30N4O4/c1-17(2)22(26-21(28)16-31-19-6-4-3-5-7-19)23(29)25-15-18-8-9-20(24-14-18)27-10-12-30-13-11-27/h3-9,14,17,22H,10-13,15-16H2,1-2H3,(H,25,29)(H,26,28). The van der Waals surface area contributed by atoms with E-state index in [1.807, 2.05) is 44.2 Å². The maximum Gasteiger partial charge on any atom is 0.258 e. The van der Waals surface area contributed by atoms with Crippen molar-refractivity contribution in [3.05, 3.63) is 54.2 Å². The van der Waals surface area contributed by atoms with Gasteiger partial charge in [0.25, 0.3) is 5.91 Å². The molecule has 3 rings (SSSR count). The molecule has 2 N–H and O–H groups in total. The number of hydrogen-bond acceptors (Lipinski definition) is 6. The summed E-state index contributed by atoms with van der Waals surface area (Å²) in [6.45, 7) is 7.04. The number of nitrogens with one attached hydrogen (secondary N) is 2. The Morgan fingerprint density at radius 2 is 1.87 bits per heavy atom. The summed E-state index contributed by atoms with van der Waals surface area (Å²) < 4.78 is 10.8. The fraction of sp³-hybridized carbons (Fsp3) is 0.435. The zero-order valence-corrected chi connectivity index (χ0v) is 18.0. The summed E-state index contributed by atoms with van der Waals surface area (Å²) >= 11 is 0. The molecule has 2 aromatic rings. The van der Waals surface area contributed by atoms with Crippen LogP contribution in [0.4, 0.5) is 5.82 Å². The molecule has 1 aliphatic heterocycles. The van der Waals surface area contributed by atoms with Gasteiger partial charge < -0.3 is 25.0 Å². The first-order chi connectivity index (χ1) is 15.0. The molecule has 1 fully saturated rings. The number of aromatic nitrogens is 1. The third-order valence-electron chi connectivity index (χ3n) is 4.99. The molecule has 1 unspecified atom stereocenters. The van der Waals surface area contributed by atoms with Crippen LogP contribution in [0.1, 0.15) is 19.4 Å². The van der Waals surface area contributed by atoms with E-state index >= 15 is 0 Å². The quantitative estimate of drug-likeness (QED) is 0.635. The predicted molar refractivity (Wildman–Crippen MR) is 118 cm³/mol. The molecular formula is C23H30N4O4. The summed E-state index contributed by atoms with van der Waals surface area (Å²) in [5.74, 6) is 0.873. The van der Waals surface area contributed by atoms with Gasteiger partial charge in [0, 0.05) is 25.8 Å². The molecule has 8 heteroatoms. The van der Waals surface area contributed by atoms with Gasteiger partial charge in [-0.1, -0.05) is 38.1 Å². The largest absolute Gasteiger partial charge is 0.484 e. The Balaban J connectivity index is 1.47. The minimum Gasteiger partial charge on any atom is -0.484 e. The van der Waals surface area contributed by atoms with Gasteiger partial charge in [0.05, 0.1) is 13.2 Å². The molecule has 1 aliphatic rings. The number of para-hydroxylation sites is 1. The summed E-state index contributed by atoms with van der Waals surface area (Å²) in [4.78, 5) is 31.6. The summed E-state index contributed by atoms with van der Waals surface area (Å²) in [6, 6.07) is 12.4. The van der Waals surface area contributed by atoms with E-state index in [0.29, 0.717) is 25.5 Å². The zero-order valence-electron chi connectivity index (χ0n) is 18.0. The molecule has 0 bridgehead atoms. The summed E-state index contributed by atoms with van der Waals surface area (Å²) in [6.07, 6.45) is 1.77. The molecule has 2 heterocycles. The Bertz CT molecular complexity index is 836. The lowest BCUT2D eigenvalue weighted by molar-refractivity contribution is -0.131. The lowest BCUT2D eigenvalue weighted by atomic mass is 10.0. The van der Waals surface area contributed by atoms with Gasteiger partial charge in [-0.3, -0.25) is 9.59 Å². The maximum absolute atomic E-state index is 12.7. The normalized spacial score (nSPS) is 14.7. The van der Waals surface area contributed by atoms with Crippen molar-refractivity contribution in [2.24, 2.45) is 5.92 Å². The third-order valence-corrected chi connectivity index (χ3v) is 4.99. The number of pyridine rings is 1. The van der Waals surface area contributed by atoms with Crippen LogP contribution in [0.25, 0.3) is 0 Å². The van der Waals surface area contributed by atoms with E-state index in [1.54, 1.807) is 18.3 Å². The molecule has 1 saturated heterocycles. The topological polar surface area (TPSA) is 92.8 Å². The predicted octanol–water partition coefficient (Wildman–Crippen LogP) is 1.75. The van der Waals surface area contributed by atoms with Crippen molar-refractivity contribution >= 4 is 17.6 Å². The fourth-order valence-corrected chi connectivity index (χ4v) is 3.22. The number of carbonyl (C=O) groups is 2. The van der Waals surface area contributed by atoms with Crippen LogP contribution >= 0.6 is 0 Å². The molecule has 0 radical (unpaired) electrons. The van der Waals surface area contributed by atoms with Crippen LogP contribution in [0, 0.1) is 5.92 Å². The Morgan fingerprint density at radius 1 is 1.13 bits per heavy atom. The van der Waals surface area contributed by atoms with Crippen LogP contribution < -0.4 is 20.3 Å². The molecule has 0 saturated carbocycles. The molecule has 0 aliphatic carbocycles. The number of ether oxygens (including phenoxy) is 2. The number of carbonyl (C=O) groups excluding carboxylic acids is 2. The smallest absolute Gasteiger partial charge is 0.258 e. The second-order valence-electron chi connectivity index (χ2n) is 7.73. The van der Waals surface area contributed by atoms with Gasteiger partial charge in [-0.05, 0) is 29.7 Å². The van der Waals surface area contributed by atoms with E-state index in [0.717, 1.165) is 24.5 Å². The van der Waals surface area contributed by atoms with Crippen molar-refractivity contribution in [3.8, 4) is 5.75 Å². The van der Waals surface area contributed by atoms with Crippen LogP contribution in [0.15, 0.2) is 48.7 Å². The Kier molecular flexibility index (Phi) is 8.23. The van der Waals surface area contributed by atoms with Gasteiger partial charge in [0.1, 0.15) is 17.6 Å². The number of nitrogens with zero attached hydrogens (tertiary/aromatic N) is 2. The van der Waals surface area contributed by atoms with Crippen LogP contribution in [0.5, 0.6) is 5.75 Å². The van der Waals surface area contributed by atoms with E-state index < -0.39 is 6.04 Å². The second kappa shape index (κ2) is 11.3. The number of amides is 2. The van der Waals surface area contributed by atoms with Crippen LogP contribution in [-0.4, -0.2) is 55.8 Å². The van der Waals surface area contributed by atoms with Gasteiger partial charge in [0.2, 0.25) is 5.91 Å². The lowest BCUT2D eigenvalue weighted by Crippen LogP contribution is -2.50. The highest BCUT2D eigenvalue weighted by molar-refractivity contribution is 5.88. The van der Waals surface area contributed by atoms with Crippen molar-refractivity contribution in [1.82, 2.24) is 15.6 Å². The molecule has 1 aromatic carbocycles. The van der Waals surface area contributed by atoms with Crippen molar-refractivity contribution in [2.75, 3.05) is 37.8 Å². The number of morpholine rings is 1. The Morgan fingerprint density at radius 3 is 2.52 bits per heavy atom. The molecular weight excluding hydrogens is 396 g/mol. The third kappa shape index (κ3) is 6.96. The molecule has 166 valence electrons. The van der Waals surface area contributed by atoms with Crippen molar-refractivity contribution in [1.29, 1.82) is 0 Å². The molecule has 1 atom stereocenters. The van der Waals surface area contributed by atoms with Crippen LogP contribution in [-0.2, 0) is 20.9 Å². The fourth-order valence-electron chi connectivity index (χ4n) is 3.22. The Labute approximate surface area is 182 Å². The number of anilines is 1. The highest BCUT2D eigenvalue weighted by atomic mass is 16.5. The van der Waals surface area contributed by atoms with E-state index in [9.17, 15) is 9.59 Å². The average Bonchev–Trinajstić information content (AvgIpc) is 2.81. The van der Waals surface area contributed by atoms with E-state index in [4.69, 9.17) is 9.47 Å². The van der Waals surface area contributed by atoms with Gasteiger partial charge in [-0.2, -0.15) is 0 Å². The number of benzene rings is 1. The van der Waals surface area contributed by atoms with Crippen molar-refractivity contribution in [3.63, 3.8) is 0 Å². The van der Waals surface area contributed by atoms with Crippen molar-refractivity contribution in [2.45, 2.75) is 26.4 Å². The number of hydrogen-bond donors (Lipinski definition) is 2. The highest BCUT2D eigenvalue weighted by Gasteiger charge is 2.24. The first-order valence-corrected chi connectivity index (χ1v) is 10.6. The second-order valence-corrected chi connectivity index (χ2v) is 7.73. The summed E-state index contributed by atoms with van der Waals surface area (Å²) in [7, 11) is 0. The minimum absolute atomic E-state index is 0.0671. The zero-order chi connectivity index (χ0) is 22.1. The van der Waals surface area contributed by atoms with Gasteiger partial charge in [-0.25, -0.2) is 4.98 Å². The summed E-state index contributed by atoms with van der Waals surface area (Å²) in [5.41, 5.74) is 0.895. The minimum atomic E-state index is -0.646. The monoisotopic (exact) mass is 426 g/mol. The SMILES string of the molecule is CC(C)C(NC(=O)COc1ccccc1)C(=O)NCc1ccc(N2CCOCC2)nc1. The molecule has 31 heavy (non-hydrogen) atoms. The van der Waals surface area contributed by atoms with E-state index in [-0.39, 0.29) is 24.3 Å². The van der Waals surface area contributed by atoms with Gasteiger partial charge in [0.15, 0.2) is 6.61 Å². The number of rotatable bonds is 9. The van der Waals surface area contributed by atoms with Gasteiger partial charge in [-0.15, -0.1) is 0 Å². The lowest BCUT2D eigenvalue weighted by Gasteiger charge is -2.27. The Hall–Kier alpha value is -3.13. The average molecular weight is 427 g/mol. The first kappa shape index (κ1) is 22.6.